The maximum absolute atomic E-state index is 4.49. The third-order valence-electron chi connectivity index (χ3n) is 20.4. The lowest BCUT2D eigenvalue weighted by molar-refractivity contribution is 0.491. The third-order valence-corrected chi connectivity index (χ3v) is 20.4. The standard InChI is InChI=1S/C30H54.C24H44.2C19H30.2C6H14/c1-25(2)18-14-12-10-9-11-13-15-23-30(29(8)22-17-20-27(5)6)24-28(7)21-16-19-26(3)4;1-7-24(20-23(6)18-15-17-22(4)5)19-14-12-10-8-9-11-13-16-21(2)3;2*1-16(2)12-10-8-6-5-7-9-11-13-19-15-17(3)14-18(19)4;2*1-4-5-6(2)3/h13,15,26-27,30H,1,7-12,14,16-24H2,2-6H3;12,14,22,24H,2,6-11,13,15-20H2,1,3-5H3;2*9,11,19H,1,3-8,10,12-15H2,2H3;2*6H,4-5H2,1-3H3/b15-13+;14-12+;2*11-9+;;. The van der Waals surface area contributed by atoms with Gasteiger partial charge in [-0.3, -0.25) is 0 Å². The molecule has 104 heavy (non-hydrogen) atoms. The Kier molecular flexibility index (Phi) is 77.7. The second-order valence-electron chi connectivity index (χ2n) is 35.2. The molecule has 0 saturated heterocycles. The maximum Gasteiger partial charge on any atom is -0.0111 e. The van der Waals surface area contributed by atoms with E-state index in [1.165, 1.54) is 318 Å². The van der Waals surface area contributed by atoms with E-state index in [1.807, 2.05) is 0 Å². The first-order valence-electron chi connectivity index (χ1n) is 44.3. The van der Waals surface area contributed by atoms with Gasteiger partial charge in [-0.25, -0.2) is 0 Å². The summed E-state index contributed by atoms with van der Waals surface area (Å²) in [5, 5.41) is 0. The normalized spacial score (nSPS) is 14.9. The molecule has 2 saturated carbocycles. The molecule has 2 rings (SSSR count). The van der Waals surface area contributed by atoms with Crippen LogP contribution in [0.15, 0.2) is 182 Å². The minimum Gasteiger partial charge on any atom is -0.100 e. The molecule has 0 amide bonds. The zero-order valence-electron chi connectivity index (χ0n) is 74.0. The molecular formula is C104H186. The molecular weight excluding hydrogens is 1250 g/mol. The molecule has 2 fully saturated rings. The molecule has 0 radical (unpaired) electrons. The predicted octanol–water partition coefficient (Wildman–Crippen LogP) is 36.9. The van der Waals surface area contributed by atoms with E-state index in [0.717, 1.165) is 86.9 Å². The van der Waals surface area contributed by atoms with E-state index in [9.17, 15) is 0 Å². The fraction of sp³-hybridized carbons (Fsp3) is 0.712. The lowest BCUT2D eigenvalue weighted by Gasteiger charge is -2.20. The van der Waals surface area contributed by atoms with Crippen molar-refractivity contribution >= 4 is 0 Å². The number of hydrogen-bond donors (Lipinski definition) is 0. The van der Waals surface area contributed by atoms with Gasteiger partial charge in [-0.05, 0) is 286 Å². The molecule has 0 heterocycles. The Balaban J connectivity index is -0.000000614. The molecule has 0 aromatic carbocycles. The number of hydrogen-bond acceptors (Lipinski definition) is 0. The van der Waals surface area contributed by atoms with Gasteiger partial charge in [-0.15, -0.1) is 26.3 Å². The monoisotopic (exact) mass is 1440 g/mol. The largest absolute Gasteiger partial charge is 0.100 e. The third kappa shape index (κ3) is 82.2. The second-order valence-corrected chi connectivity index (χ2v) is 35.2. The molecule has 0 nitrogen and oxygen atoms in total. The lowest BCUT2D eigenvalue weighted by atomic mass is 9.85. The fourth-order valence-corrected chi connectivity index (χ4v) is 13.6. The molecule has 0 spiro atoms. The summed E-state index contributed by atoms with van der Waals surface area (Å²) in [7, 11) is 0. The van der Waals surface area contributed by atoms with Crippen LogP contribution < -0.4 is 0 Å². The van der Waals surface area contributed by atoms with Crippen LogP contribution >= 0.6 is 0 Å². The number of rotatable bonds is 58. The second kappa shape index (κ2) is 75.9. The molecule has 0 bridgehead atoms. The van der Waals surface area contributed by atoms with Crippen LogP contribution in [0.2, 0.25) is 0 Å². The van der Waals surface area contributed by atoms with Gasteiger partial charge in [0.25, 0.3) is 0 Å². The highest BCUT2D eigenvalue weighted by Crippen LogP contribution is 2.37. The molecule has 0 aliphatic heterocycles. The van der Waals surface area contributed by atoms with Crippen molar-refractivity contribution in [3.8, 4) is 0 Å². The molecule has 0 aromatic heterocycles. The van der Waals surface area contributed by atoms with Gasteiger partial charge in [0.2, 0.25) is 0 Å². The zero-order chi connectivity index (χ0) is 79.1. The lowest BCUT2D eigenvalue weighted by Crippen LogP contribution is -2.05. The summed E-state index contributed by atoms with van der Waals surface area (Å²) in [6.07, 6.45) is 79.7. The van der Waals surface area contributed by atoms with Gasteiger partial charge < -0.3 is 0 Å². The SMILES string of the molecule is C=C(C)CCCCCC/C=C/CC(CC(=C)CCCC(C)C)C(=C)CCCC(C)C.C=C(C)CCCCCC/C=C/CC(CC)CC(=C)CCCC(C)C.C=C(C)CCCCCC/C=C/CC1CC(=C)CC1=C.C=C(C)CCCCCC/C=C/CC1CC(=C)CC1=C.CCCC(C)C.CCCC(C)C. The molecule has 2 aliphatic rings. The summed E-state index contributed by atoms with van der Waals surface area (Å²) in [5.41, 5.74) is 15.1. The minimum atomic E-state index is 0.579. The van der Waals surface area contributed by atoms with Crippen LogP contribution in [0.5, 0.6) is 0 Å². The van der Waals surface area contributed by atoms with Crippen molar-refractivity contribution in [2.75, 3.05) is 0 Å². The Bertz CT molecular complexity index is 2210. The highest BCUT2D eigenvalue weighted by Gasteiger charge is 2.21. The van der Waals surface area contributed by atoms with Gasteiger partial charge >= 0.3 is 0 Å². The van der Waals surface area contributed by atoms with Crippen molar-refractivity contribution in [3.05, 3.63) is 182 Å². The fourth-order valence-electron chi connectivity index (χ4n) is 13.6. The van der Waals surface area contributed by atoms with E-state index >= 15 is 0 Å². The van der Waals surface area contributed by atoms with Crippen molar-refractivity contribution < 1.29 is 0 Å². The Morgan fingerprint density at radius 1 is 0.337 bits per heavy atom. The van der Waals surface area contributed by atoms with E-state index < -0.39 is 0 Å². The average Bonchev–Trinajstić information content (AvgIpc) is 1.74. The van der Waals surface area contributed by atoms with E-state index in [0.29, 0.717) is 17.8 Å². The quantitative estimate of drug-likeness (QED) is 0.0421. The van der Waals surface area contributed by atoms with Crippen LogP contribution in [-0.4, -0.2) is 0 Å². The summed E-state index contributed by atoms with van der Waals surface area (Å²) < 4.78 is 0. The van der Waals surface area contributed by atoms with Crippen molar-refractivity contribution in [2.45, 2.75) is 426 Å². The Morgan fingerprint density at radius 3 is 0.913 bits per heavy atom. The van der Waals surface area contributed by atoms with E-state index in [1.54, 1.807) is 0 Å². The maximum atomic E-state index is 4.49. The van der Waals surface area contributed by atoms with Gasteiger partial charge in [0.15, 0.2) is 0 Å². The van der Waals surface area contributed by atoms with Crippen molar-refractivity contribution in [1.29, 1.82) is 0 Å². The van der Waals surface area contributed by atoms with Gasteiger partial charge in [-0.2, -0.15) is 0 Å². The first-order valence-corrected chi connectivity index (χ1v) is 44.3. The molecule has 0 aromatic rings. The van der Waals surface area contributed by atoms with E-state index in [4.69, 9.17) is 0 Å². The van der Waals surface area contributed by atoms with Gasteiger partial charge in [0, 0.05) is 0 Å². The summed E-state index contributed by atoms with van der Waals surface area (Å²) in [4.78, 5) is 0. The van der Waals surface area contributed by atoms with Crippen molar-refractivity contribution in [2.24, 2.45) is 53.3 Å². The first-order chi connectivity index (χ1) is 49.4. The number of allylic oxidation sites excluding steroid dienone is 19. The molecule has 602 valence electrons. The Morgan fingerprint density at radius 2 is 0.635 bits per heavy atom. The summed E-state index contributed by atoms with van der Waals surface area (Å²) in [5.74, 6) is 6.91. The van der Waals surface area contributed by atoms with E-state index in [2.05, 4.69) is 239 Å². The van der Waals surface area contributed by atoms with Crippen molar-refractivity contribution in [1.82, 2.24) is 0 Å². The van der Waals surface area contributed by atoms with Crippen LogP contribution in [-0.2, 0) is 0 Å². The predicted molar refractivity (Wildman–Crippen MR) is 487 cm³/mol. The van der Waals surface area contributed by atoms with Crippen LogP contribution in [0.25, 0.3) is 0 Å². The molecule has 2 aliphatic carbocycles. The van der Waals surface area contributed by atoms with Gasteiger partial charge in [0.05, 0.1) is 0 Å². The minimum absolute atomic E-state index is 0.579. The Labute approximate surface area is 657 Å². The van der Waals surface area contributed by atoms with Crippen molar-refractivity contribution in [3.63, 3.8) is 0 Å². The van der Waals surface area contributed by atoms with Crippen LogP contribution in [0.1, 0.15) is 426 Å². The molecule has 0 heteroatoms. The zero-order valence-corrected chi connectivity index (χ0v) is 74.0. The van der Waals surface area contributed by atoms with Crippen LogP contribution in [0, 0.1) is 53.3 Å². The molecule has 0 N–H and O–H groups in total. The van der Waals surface area contributed by atoms with Crippen LogP contribution in [0.4, 0.5) is 0 Å². The topological polar surface area (TPSA) is 0 Å². The van der Waals surface area contributed by atoms with Crippen LogP contribution in [0.3, 0.4) is 0 Å². The Hall–Kier alpha value is -3.90. The summed E-state index contributed by atoms with van der Waals surface area (Å²) >= 11 is 0. The average molecular weight is 1440 g/mol. The number of unbranched alkanes of at least 4 members (excludes halogenated alkanes) is 16. The smallest absolute Gasteiger partial charge is 0.0111 e. The molecule has 4 atom stereocenters. The van der Waals surface area contributed by atoms with Gasteiger partial charge in [0.1, 0.15) is 0 Å². The summed E-state index contributed by atoms with van der Waals surface area (Å²) in [6.45, 7) is 83.6. The first kappa shape index (κ1) is 106. The molecule has 4 unspecified atom stereocenters. The summed E-state index contributed by atoms with van der Waals surface area (Å²) in [6, 6.07) is 0. The highest BCUT2D eigenvalue weighted by molar-refractivity contribution is 5.24. The van der Waals surface area contributed by atoms with E-state index in [-0.39, 0.29) is 0 Å². The van der Waals surface area contributed by atoms with Gasteiger partial charge in [-0.1, -0.05) is 349 Å². The highest BCUT2D eigenvalue weighted by atomic mass is 14.3.